The fraction of sp³-hybridized carbons (Fsp3) is 0.353. The van der Waals surface area contributed by atoms with Crippen LogP contribution >= 0.6 is 11.3 Å². The standard InChI is InChI=1S/C34H37FN6O7S/c1-20(2)38-32(44)34(4,5)40-29(43)28-21(3)30(41-36-14-15-37-41)49-31(28)39(33(40)45)17-26(24-16-23(35)12-13-25(24)46-6)48-27(42)19-47-18-22-10-8-7-9-11-22/h7-16,20,26H,17-19H2,1-6H3,(H,38,44)/t26-/m1/s1. The molecule has 0 saturated heterocycles. The van der Waals surface area contributed by atoms with Crippen molar-refractivity contribution >= 4 is 33.4 Å². The molecule has 1 atom stereocenters. The summed E-state index contributed by atoms with van der Waals surface area (Å²) < 4.78 is 33.8. The van der Waals surface area contributed by atoms with Crippen LogP contribution in [0.4, 0.5) is 4.39 Å². The zero-order valence-electron chi connectivity index (χ0n) is 27.9. The van der Waals surface area contributed by atoms with Gasteiger partial charge < -0.3 is 19.5 Å². The van der Waals surface area contributed by atoms with E-state index < -0.39 is 47.2 Å². The topological polar surface area (TPSA) is 149 Å². The third-order valence-corrected chi connectivity index (χ3v) is 9.10. The van der Waals surface area contributed by atoms with Crippen LogP contribution in [0.1, 0.15) is 50.5 Å². The number of aryl methyl sites for hydroxylation is 1. The number of benzene rings is 2. The largest absolute Gasteiger partial charge is 0.496 e. The molecule has 13 nitrogen and oxygen atoms in total. The number of fused-ring (bicyclic) bond motifs is 1. The number of rotatable bonds is 13. The molecular weight excluding hydrogens is 655 g/mol. The van der Waals surface area contributed by atoms with Gasteiger partial charge in [0.2, 0.25) is 5.91 Å². The Hall–Kier alpha value is -5.15. The number of carbonyl (C=O) groups is 2. The number of amides is 1. The van der Waals surface area contributed by atoms with Gasteiger partial charge in [-0.1, -0.05) is 41.7 Å². The highest BCUT2D eigenvalue weighted by Crippen LogP contribution is 2.34. The third-order valence-electron chi connectivity index (χ3n) is 7.81. The lowest BCUT2D eigenvalue weighted by Crippen LogP contribution is -2.56. The number of carbonyl (C=O) groups excluding carboxylic acids is 2. The summed E-state index contributed by atoms with van der Waals surface area (Å²) >= 11 is 1.07. The number of hydrogen-bond acceptors (Lipinski definition) is 10. The van der Waals surface area contributed by atoms with E-state index in [0.29, 0.717) is 10.6 Å². The third kappa shape index (κ3) is 7.32. The van der Waals surface area contributed by atoms with Crippen LogP contribution in [0.15, 0.2) is 70.5 Å². The second kappa shape index (κ2) is 14.5. The molecule has 0 radical (unpaired) electrons. The number of esters is 1. The zero-order valence-corrected chi connectivity index (χ0v) is 28.7. The Balaban J connectivity index is 1.66. The normalized spacial score (nSPS) is 12.3. The Morgan fingerprint density at radius 1 is 1.06 bits per heavy atom. The Bertz CT molecular complexity index is 2090. The van der Waals surface area contributed by atoms with Crippen LogP contribution in [0.5, 0.6) is 5.75 Å². The average molecular weight is 693 g/mol. The smallest absolute Gasteiger partial charge is 0.333 e. The number of halogens is 1. The first-order chi connectivity index (χ1) is 23.3. The zero-order chi connectivity index (χ0) is 35.5. The van der Waals surface area contributed by atoms with Gasteiger partial charge in [0.15, 0.2) is 0 Å². The van der Waals surface area contributed by atoms with Gasteiger partial charge in [-0.25, -0.2) is 18.5 Å². The van der Waals surface area contributed by atoms with E-state index in [-0.39, 0.29) is 40.7 Å². The van der Waals surface area contributed by atoms with E-state index in [1.165, 1.54) is 54.8 Å². The first-order valence-corrected chi connectivity index (χ1v) is 16.3. The molecule has 49 heavy (non-hydrogen) atoms. The van der Waals surface area contributed by atoms with Crippen molar-refractivity contribution in [3.8, 4) is 10.8 Å². The molecule has 3 heterocycles. The lowest BCUT2D eigenvalue weighted by molar-refractivity contribution is -0.156. The molecule has 5 aromatic rings. The molecule has 5 rings (SSSR count). The van der Waals surface area contributed by atoms with Crippen LogP contribution in [-0.2, 0) is 37.8 Å². The average Bonchev–Trinajstić information content (AvgIpc) is 3.71. The molecule has 0 unspecified atom stereocenters. The molecule has 0 bridgehead atoms. The minimum absolute atomic E-state index is 0.135. The fourth-order valence-corrected chi connectivity index (χ4v) is 6.60. The number of methoxy groups -OCH3 is 1. The predicted molar refractivity (Wildman–Crippen MR) is 180 cm³/mol. The van der Waals surface area contributed by atoms with Crippen LogP contribution in [0.25, 0.3) is 15.2 Å². The van der Waals surface area contributed by atoms with Gasteiger partial charge in [-0.2, -0.15) is 10.2 Å². The van der Waals surface area contributed by atoms with Crippen molar-refractivity contribution in [2.24, 2.45) is 0 Å². The Labute approximate surface area is 284 Å². The van der Waals surface area contributed by atoms with Gasteiger partial charge in [-0.3, -0.25) is 14.2 Å². The van der Waals surface area contributed by atoms with Crippen molar-refractivity contribution in [3.63, 3.8) is 0 Å². The molecule has 258 valence electrons. The second-order valence-electron chi connectivity index (χ2n) is 12.1. The second-order valence-corrected chi connectivity index (χ2v) is 13.1. The number of hydrogen-bond donors (Lipinski definition) is 1. The molecule has 0 saturated carbocycles. The van der Waals surface area contributed by atoms with Gasteiger partial charge in [0, 0.05) is 17.2 Å². The SMILES string of the molecule is COc1ccc(F)cc1[C@@H](Cn1c(=O)n(C(C)(C)C(=O)NC(C)C)c(=O)c2c(C)c(-n3nccn3)sc21)OC(=O)COCc1ccccc1. The first kappa shape index (κ1) is 35.2. The van der Waals surface area contributed by atoms with Crippen molar-refractivity contribution in [1.29, 1.82) is 0 Å². The minimum atomic E-state index is -1.65. The molecule has 0 fully saturated rings. The quantitative estimate of drug-likeness (QED) is 0.181. The lowest BCUT2D eigenvalue weighted by Gasteiger charge is -2.28. The molecule has 1 amide bonds. The van der Waals surface area contributed by atoms with E-state index in [0.717, 1.165) is 27.5 Å². The monoisotopic (exact) mass is 692 g/mol. The maximum atomic E-state index is 14.7. The van der Waals surface area contributed by atoms with Crippen molar-refractivity contribution in [3.05, 3.63) is 104 Å². The van der Waals surface area contributed by atoms with Crippen LogP contribution in [-0.4, -0.2) is 55.8 Å². The number of ether oxygens (including phenoxy) is 3. The molecule has 15 heteroatoms. The van der Waals surface area contributed by atoms with Crippen LogP contribution in [0.3, 0.4) is 0 Å². The van der Waals surface area contributed by atoms with E-state index in [1.807, 2.05) is 30.3 Å². The molecule has 1 N–H and O–H groups in total. The van der Waals surface area contributed by atoms with Gasteiger partial charge in [0.05, 0.1) is 38.0 Å². The van der Waals surface area contributed by atoms with Gasteiger partial charge >= 0.3 is 11.7 Å². The maximum absolute atomic E-state index is 14.7. The van der Waals surface area contributed by atoms with Crippen molar-refractivity contribution in [2.45, 2.75) is 65.5 Å². The Morgan fingerprint density at radius 2 is 1.76 bits per heavy atom. The van der Waals surface area contributed by atoms with Crippen molar-refractivity contribution < 1.29 is 28.2 Å². The molecule has 0 aliphatic rings. The summed E-state index contributed by atoms with van der Waals surface area (Å²) in [5.41, 5.74) is -1.75. The summed E-state index contributed by atoms with van der Waals surface area (Å²) in [6, 6.07) is 12.7. The highest BCUT2D eigenvalue weighted by molar-refractivity contribution is 7.21. The number of thiophene rings is 1. The molecule has 2 aromatic carbocycles. The summed E-state index contributed by atoms with van der Waals surface area (Å²) in [6.07, 6.45) is 1.65. The first-order valence-electron chi connectivity index (χ1n) is 15.4. The van der Waals surface area contributed by atoms with E-state index >= 15 is 0 Å². The summed E-state index contributed by atoms with van der Waals surface area (Å²) in [6.45, 7) is 7.48. The number of nitrogens with one attached hydrogen (secondary N) is 1. The molecule has 0 spiro atoms. The molecular formula is C34H37FN6O7S. The van der Waals surface area contributed by atoms with Gasteiger partial charge in [0.25, 0.3) is 5.56 Å². The van der Waals surface area contributed by atoms with Gasteiger partial charge in [-0.05, 0) is 58.4 Å². The lowest BCUT2D eigenvalue weighted by atomic mass is 10.0. The van der Waals surface area contributed by atoms with Crippen LogP contribution < -0.4 is 21.3 Å². The minimum Gasteiger partial charge on any atom is -0.496 e. The maximum Gasteiger partial charge on any atom is 0.333 e. The molecule has 3 aromatic heterocycles. The summed E-state index contributed by atoms with van der Waals surface area (Å²) in [7, 11) is 1.38. The van der Waals surface area contributed by atoms with E-state index in [9.17, 15) is 23.6 Å². The summed E-state index contributed by atoms with van der Waals surface area (Å²) in [5.74, 6) is -1.78. The number of nitrogens with zero attached hydrogens (tertiary/aromatic N) is 5. The highest BCUT2D eigenvalue weighted by atomic mass is 32.1. The summed E-state index contributed by atoms with van der Waals surface area (Å²) in [5, 5.41) is 11.8. The molecule has 0 aliphatic carbocycles. The predicted octanol–water partition coefficient (Wildman–Crippen LogP) is 4.02. The van der Waals surface area contributed by atoms with Crippen LogP contribution in [0, 0.1) is 12.7 Å². The van der Waals surface area contributed by atoms with Crippen LogP contribution in [0.2, 0.25) is 0 Å². The Morgan fingerprint density at radius 3 is 2.41 bits per heavy atom. The molecule has 0 aliphatic heterocycles. The number of aromatic nitrogens is 5. The van der Waals surface area contributed by atoms with Crippen molar-refractivity contribution in [1.82, 2.24) is 29.4 Å². The van der Waals surface area contributed by atoms with Crippen molar-refractivity contribution in [2.75, 3.05) is 13.7 Å². The van der Waals surface area contributed by atoms with E-state index in [1.54, 1.807) is 20.8 Å². The van der Waals surface area contributed by atoms with Gasteiger partial charge in [0.1, 0.15) is 39.6 Å². The Kier molecular flexibility index (Phi) is 10.4. The van der Waals surface area contributed by atoms with Gasteiger partial charge in [-0.15, -0.1) is 4.80 Å². The van der Waals surface area contributed by atoms with E-state index in [2.05, 4.69) is 15.5 Å². The summed E-state index contributed by atoms with van der Waals surface area (Å²) in [4.78, 5) is 56.9. The van der Waals surface area contributed by atoms with E-state index in [4.69, 9.17) is 14.2 Å². The fourth-order valence-electron chi connectivity index (χ4n) is 5.38. The highest BCUT2D eigenvalue weighted by Gasteiger charge is 2.36.